The number of pyridine rings is 1. The number of benzene rings is 1. The monoisotopic (exact) mass is 506 g/mol. The summed E-state index contributed by atoms with van der Waals surface area (Å²) in [6.07, 6.45) is 1.67. The zero-order valence-corrected chi connectivity index (χ0v) is 18.4. The molecule has 0 radical (unpaired) electrons. The molecule has 0 saturated carbocycles. The van der Waals surface area contributed by atoms with Crippen LogP contribution >= 0.6 is 24.0 Å². The SMILES string of the molecule is CCOc1ncccc1CNC(=NC)NCc1cc(C)ccc1OC(F)F.I. The lowest BCUT2D eigenvalue weighted by Crippen LogP contribution is -2.36. The summed E-state index contributed by atoms with van der Waals surface area (Å²) in [6, 6.07) is 8.81. The number of aromatic nitrogens is 1. The van der Waals surface area contributed by atoms with E-state index in [1.165, 1.54) is 0 Å². The molecule has 0 unspecified atom stereocenters. The first kappa shape index (κ1) is 23.9. The first-order chi connectivity index (χ1) is 13.0. The summed E-state index contributed by atoms with van der Waals surface area (Å²) < 4.78 is 35.2. The first-order valence-corrected chi connectivity index (χ1v) is 8.59. The van der Waals surface area contributed by atoms with Crippen molar-refractivity contribution in [3.8, 4) is 11.6 Å². The second-order valence-electron chi connectivity index (χ2n) is 5.67. The number of hydrogen-bond acceptors (Lipinski definition) is 4. The zero-order chi connectivity index (χ0) is 19.6. The quantitative estimate of drug-likeness (QED) is 0.323. The van der Waals surface area contributed by atoms with Crippen LogP contribution in [0.25, 0.3) is 0 Å². The number of ether oxygens (including phenoxy) is 2. The molecule has 0 aliphatic heterocycles. The van der Waals surface area contributed by atoms with Crippen molar-refractivity contribution in [3.05, 3.63) is 53.2 Å². The molecule has 0 amide bonds. The highest BCUT2D eigenvalue weighted by atomic mass is 127. The van der Waals surface area contributed by atoms with E-state index in [9.17, 15) is 8.78 Å². The number of rotatable bonds is 8. The lowest BCUT2D eigenvalue weighted by Gasteiger charge is -2.16. The van der Waals surface area contributed by atoms with Crippen molar-refractivity contribution in [2.75, 3.05) is 13.7 Å². The largest absolute Gasteiger partial charge is 0.478 e. The number of aliphatic imine (C=N–C) groups is 1. The van der Waals surface area contributed by atoms with Gasteiger partial charge in [-0.1, -0.05) is 23.8 Å². The molecule has 1 aromatic carbocycles. The van der Waals surface area contributed by atoms with Crippen LogP contribution in [-0.2, 0) is 13.1 Å². The second-order valence-corrected chi connectivity index (χ2v) is 5.67. The summed E-state index contributed by atoms with van der Waals surface area (Å²) in [5.41, 5.74) is 2.46. The van der Waals surface area contributed by atoms with Gasteiger partial charge in [0.15, 0.2) is 5.96 Å². The van der Waals surface area contributed by atoms with Crippen molar-refractivity contribution in [1.29, 1.82) is 0 Å². The van der Waals surface area contributed by atoms with E-state index < -0.39 is 6.61 Å². The Morgan fingerprint density at radius 2 is 1.89 bits per heavy atom. The Kier molecular flexibility index (Phi) is 10.5. The van der Waals surface area contributed by atoms with Gasteiger partial charge in [-0.05, 0) is 26.0 Å². The van der Waals surface area contributed by atoms with Crippen LogP contribution in [0.5, 0.6) is 11.6 Å². The third kappa shape index (κ3) is 7.45. The van der Waals surface area contributed by atoms with Gasteiger partial charge < -0.3 is 20.1 Å². The molecule has 0 atom stereocenters. The molecule has 0 fully saturated rings. The average Bonchev–Trinajstić information content (AvgIpc) is 2.65. The van der Waals surface area contributed by atoms with E-state index in [0.717, 1.165) is 11.1 Å². The highest BCUT2D eigenvalue weighted by Crippen LogP contribution is 2.22. The Morgan fingerprint density at radius 1 is 1.18 bits per heavy atom. The van der Waals surface area contributed by atoms with Gasteiger partial charge in [0, 0.05) is 37.5 Å². The summed E-state index contributed by atoms with van der Waals surface area (Å²) in [4.78, 5) is 8.36. The number of nitrogens with zero attached hydrogens (tertiary/aromatic N) is 2. The Morgan fingerprint density at radius 3 is 2.54 bits per heavy atom. The Hall–Kier alpha value is -2.17. The van der Waals surface area contributed by atoms with Crippen LogP contribution in [0.15, 0.2) is 41.5 Å². The van der Waals surface area contributed by atoms with Crippen molar-refractivity contribution in [2.45, 2.75) is 33.5 Å². The van der Waals surface area contributed by atoms with Gasteiger partial charge in [0.2, 0.25) is 5.88 Å². The van der Waals surface area contributed by atoms with Gasteiger partial charge in [-0.2, -0.15) is 8.78 Å². The molecular formula is C19H25F2IN4O2. The molecule has 1 aromatic heterocycles. The lowest BCUT2D eigenvalue weighted by atomic mass is 10.1. The van der Waals surface area contributed by atoms with Gasteiger partial charge in [0.25, 0.3) is 0 Å². The van der Waals surface area contributed by atoms with E-state index in [1.54, 1.807) is 31.4 Å². The Bertz CT molecular complexity index is 775. The van der Waals surface area contributed by atoms with Crippen molar-refractivity contribution in [2.24, 2.45) is 4.99 Å². The topological polar surface area (TPSA) is 67.8 Å². The van der Waals surface area contributed by atoms with Crippen LogP contribution in [0.2, 0.25) is 0 Å². The Balaban J connectivity index is 0.00000392. The van der Waals surface area contributed by atoms with Gasteiger partial charge in [0.05, 0.1) is 6.61 Å². The van der Waals surface area contributed by atoms with Gasteiger partial charge in [-0.3, -0.25) is 4.99 Å². The number of halogens is 3. The fraction of sp³-hybridized carbons (Fsp3) is 0.368. The molecule has 6 nitrogen and oxygen atoms in total. The molecule has 154 valence electrons. The predicted octanol–water partition coefficient (Wildman–Crippen LogP) is 3.87. The van der Waals surface area contributed by atoms with E-state index >= 15 is 0 Å². The van der Waals surface area contributed by atoms with E-state index in [1.807, 2.05) is 26.0 Å². The minimum absolute atomic E-state index is 0. The zero-order valence-electron chi connectivity index (χ0n) is 16.0. The minimum atomic E-state index is -2.87. The predicted molar refractivity (Wildman–Crippen MR) is 116 cm³/mol. The number of aryl methyl sites for hydroxylation is 1. The van der Waals surface area contributed by atoms with Crippen LogP contribution < -0.4 is 20.1 Å². The maximum Gasteiger partial charge on any atom is 0.387 e. The number of alkyl halides is 2. The van der Waals surface area contributed by atoms with E-state index in [0.29, 0.717) is 30.6 Å². The van der Waals surface area contributed by atoms with E-state index in [2.05, 4.69) is 25.3 Å². The molecule has 9 heteroatoms. The molecule has 28 heavy (non-hydrogen) atoms. The van der Waals surface area contributed by atoms with Gasteiger partial charge in [-0.25, -0.2) is 4.98 Å². The van der Waals surface area contributed by atoms with Crippen molar-refractivity contribution < 1.29 is 18.3 Å². The number of hydrogen-bond donors (Lipinski definition) is 2. The molecule has 2 aromatic rings. The highest BCUT2D eigenvalue weighted by molar-refractivity contribution is 14.0. The molecule has 2 N–H and O–H groups in total. The smallest absolute Gasteiger partial charge is 0.387 e. The minimum Gasteiger partial charge on any atom is -0.478 e. The molecule has 0 aliphatic rings. The van der Waals surface area contributed by atoms with Crippen LogP contribution in [0.4, 0.5) is 8.78 Å². The highest BCUT2D eigenvalue weighted by Gasteiger charge is 2.11. The van der Waals surface area contributed by atoms with Crippen LogP contribution in [0.1, 0.15) is 23.6 Å². The van der Waals surface area contributed by atoms with Gasteiger partial charge >= 0.3 is 6.61 Å². The maximum atomic E-state index is 12.6. The second kappa shape index (κ2) is 12.3. The summed E-state index contributed by atoms with van der Waals surface area (Å²) in [5, 5.41) is 6.26. The molecular weight excluding hydrogens is 481 g/mol. The molecule has 2 rings (SSSR count). The maximum absolute atomic E-state index is 12.6. The number of guanidine groups is 1. The van der Waals surface area contributed by atoms with Crippen molar-refractivity contribution in [3.63, 3.8) is 0 Å². The molecule has 1 heterocycles. The van der Waals surface area contributed by atoms with Crippen LogP contribution in [-0.4, -0.2) is 31.2 Å². The molecule has 0 aliphatic carbocycles. The van der Waals surface area contributed by atoms with E-state index in [-0.39, 0.29) is 36.3 Å². The third-order valence-corrected chi connectivity index (χ3v) is 3.68. The Labute approximate surface area is 180 Å². The number of nitrogens with one attached hydrogen (secondary N) is 2. The standard InChI is InChI=1S/C19H24F2N4O2.HI/c1-4-26-17-14(6-5-9-23-17)11-24-19(22-3)25-12-15-10-13(2)7-8-16(15)27-18(20)21;/h5-10,18H,4,11-12H2,1-3H3,(H2,22,24,25);1H. The van der Waals surface area contributed by atoms with E-state index in [4.69, 9.17) is 4.74 Å². The summed E-state index contributed by atoms with van der Waals surface area (Å²) in [7, 11) is 1.63. The fourth-order valence-electron chi connectivity index (χ4n) is 2.46. The lowest BCUT2D eigenvalue weighted by molar-refractivity contribution is -0.0504. The van der Waals surface area contributed by atoms with Gasteiger partial charge in [0.1, 0.15) is 5.75 Å². The summed E-state index contributed by atoms with van der Waals surface area (Å²) >= 11 is 0. The van der Waals surface area contributed by atoms with Gasteiger partial charge in [-0.15, -0.1) is 24.0 Å². The van der Waals surface area contributed by atoms with Crippen molar-refractivity contribution in [1.82, 2.24) is 15.6 Å². The summed E-state index contributed by atoms with van der Waals surface area (Å²) in [5.74, 6) is 1.23. The fourth-order valence-corrected chi connectivity index (χ4v) is 2.46. The van der Waals surface area contributed by atoms with Crippen molar-refractivity contribution >= 4 is 29.9 Å². The summed E-state index contributed by atoms with van der Waals surface area (Å²) in [6.45, 7) is 2.18. The average molecular weight is 506 g/mol. The van der Waals surface area contributed by atoms with Crippen LogP contribution in [0.3, 0.4) is 0 Å². The molecule has 0 bridgehead atoms. The van der Waals surface area contributed by atoms with Crippen LogP contribution in [0, 0.1) is 6.92 Å². The normalized spacial score (nSPS) is 11.0. The molecule has 0 spiro atoms. The first-order valence-electron chi connectivity index (χ1n) is 8.59. The molecule has 0 saturated heterocycles. The third-order valence-electron chi connectivity index (χ3n) is 3.68.